The minimum Gasteiger partial charge on any atom is -0.493 e. The van der Waals surface area contributed by atoms with Gasteiger partial charge in [0.15, 0.2) is 11.5 Å². The van der Waals surface area contributed by atoms with Gasteiger partial charge in [0.1, 0.15) is 0 Å². The maximum absolute atomic E-state index is 12.7. The van der Waals surface area contributed by atoms with E-state index < -0.39 is 21.3 Å². The van der Waals surface area contributed by atoms with Crippen LogP contribution in [-0.2, 0) is 21.5 Å². The first-order chi connectivity index (χ1) is 14.1. The van der Waals surface area contributed by atoms with Crippen molar-refractivity contribution in [2.45, 2.75) is 6.54 Å². The Morgan fingerprint density at radius 1 is 1.10 bits per heavy atom. The van der Waals surface area contributed by atoms with Gasteiger partial charge in [-0.1, -0.05) is 35.3 Å². The smallest absolute Gasteiger partial charge is 0.306 e. The Balaban J connectivity index is 1.84. The van der Waals surface area contributed by atoms with Gasteiger partial charge in [-0.05, 0) is 53.2 Å². The molecule has 0 aromatic heterocycles. The summed E-state index contributed by atoms with van der Waals surface area (Å²) in [5.41, 5.74) is 1.12. The predicted molar refractivity (Wildman–Crippen MR) is 116 cm³/mol. The topological polar surface area (TPSA) is 90.0 Å². The highest BCUT2D eigenvalue weighted by Gasteiger charge is 2.35. The molecular formula is C19H15Cl2NO6S2. The molecule has 0 radical (unpaired) electrons. The summed E-state index contributed by atoms with van der Waals surface area (Å²) in [6.45, 7) is 0.0163. The minimum atomic E-state index is -3.73. The lowest BCUT2D eigenvalue weighted by molar-refractivity contribution is -0.123. The van der Waals surface area contributed by atoms with E-state index in [-0.39, 0.29) is 22.9 Å². The molecule has 30 heavy (non-hydrogen) atoms. The van der Waals surface area contributed by atoms with E-state index in [1.807, 2.05) is 0 Å². The van der Waals surface area contributed by atoms with Gasteiger partial charge in [-0.15, -0.1) is 0 Å². The molecule has 2 aromatic carbocycles. The highest BCUT2D eigenvalue weighted by atomic mass is 35.5. The second-order valence-corrected chi connectivity index (χ2v) is 9.61. The van der Waals surface area contributed by atoms with Crippen LogP contribution in [0.5, 0.6) is 11.5 Å². The number of hydrogen-bond donors (Lipinski definition) is 0. The number of thioether (sulfide) groups is 1. The summed E-state index contributed by atoms with van der Waals surface area (Å²) in [4.78, 5) is 26.4. The number of ether oxygens (including phenoxy) is 1. The summed E-state index contributed by atoms with van der Waals surface area (Å²) in [5.74, 6) is -0.282. The van der Waals surface area contributed by atoms with E-state index in [1.165, 1.54) is 25.3 Å². The van der Waals surface area contributed by atoms with Crippen molar-refractivity contribution in [3.63, 3.8) is 0 Å². The van der Waals surface area contributed by atoms with Crippen LogP contribution >= 0.6 is 35.0 Å². The van der Waals surface area contributed by atoms with Crippen LogP contribution in [0.2, 0.25) is 10.0 Å². The SMILES string of the molecule is COc1cc(/C=C2\SC(=O)N(Cc3ccc(Cl)cc3Cl)C2=O)ccc1OS(C)(=O)=O. The quantitative estimate of drug-likeness (QED) is 0.435. The molecule has 7 nitrogen and oxygen atoms in total. The number of rotatable bonds is 6. The largest absolute Gasteiger partial charge is 0.493 e. The summed E-state index contributed by atoms with van der Waals surface area (Å²) in [5, 5.41) is 0.382. The van der Waals surface area contributed by atoms with Crippen LogP contribution in [0.25, 0.3) is 6.08 Å². The van der Waals surface area contributed by atoms with E-state index in [1.54, 1.807) is 24.3 Å². The highest BCUT2D eigenvalue weighted by molar-refractivity contribution is 8.18. The Morgan fingerprint density at radius 2 is 1.83 bits per heavy atom. The van der Waals surface area contributed by atoms with Crippen molar-refractivity contribution in [2.75, 3.05) is 13.4 Å². The average molecular weight is 488 g/mol. The van der Waals surface area contributed by atoms with Crippen LogP contribution in [-0.4, -0.2) is 37.8 Å². The van der Waals surface area contributed by atoms with Gasteiger partial charge in [0.2, 0.25) is 0 Å². The minimum absolute atomic E-state index is 0.0163. The molecule has 158 valence electrons. The summed E-state index contributed by atoms with van der Waals surface area (Å²) in [7, 11) is -2.37. The number of hydrogen-bond acceptors (Lipinski definition) is 7. The van der Waals surface area contributed by atoms with Gasteiger partial charge in [-0.3, -0.25) is 14.5 Å². The molecule has 0 aliphatic carbocycles. The normalized spacial score (nSPS) is 15.7. The zero-order valence-electron chi connectivity index (χ0n) is 15.7. The number of halogens is 2. The van der Waals surface area contributed by atoms with E-state index in [4.69, 9.17) is 32.1 Å². The second kappa shape index (κ2) is 8.89. The van der Waals surface area contributed by atoms with E-state index in [0.29, 0.717) is 21.2 Å². The predicted octanol–water partition coefficient (Wildman–Crippen LogP) is 4.58. The Kier molecular flexibility index (Phi) is 6.66. The first-order valence-electron chi connectivity index (χ1n) is 8.34. The molecule has 1 aliphatic rings. The van der Waals surface area contributed by atoms with Crippen LogP contribution in [0.4, 0.5) is 4.79 Å². The van der Waals surface area contributed by atoms with E-state index in [0.717, 1.165) is 22.9 Å². The lowest BCUT2D eigenvalue weighted by atomic mass is 10.1. The van der Waals surface area contributed by atoms with Gasteiger partial charge >= 0.3 is 10.1 Å². The van der Waals surface area contributed by atoms with Gasteiger partial charge in [0, 0.05) is 10.0 Å². The number of benzene rings is 2. The van der Waals surface area contributed by atoms with Crippen LogP contribution in [0, 0.1) is 0 Å². The first-order valence-corrected chi connectivity index (χ1v) is 11.7. The Labute approximate surface area is 187 Å². The van der Waals surface area contributed by atoms with Crippen molar-refractivity contribution in [2.24, 2.45) is 0 Å². The van der Waals surface area contributed by atoms with Crippen molar-refractivity contribution < 1.29 is 26.9 Å². The van der Waals surface area contributed by atoms with Crippen LogP contribution in [0.15, 0.2) is 41.3 Å². The number of amides is 2. The van der Waals surface area contributed by atoms with Gasteiger partial charge in [0.25, 0.3) is 11.1 Å². The molecular weight excluding hydrogens is 473 g/mol. The van der Waals surface area contributed by atoms with Crippen molar-refractivity contribution in [3.8, 4) is 11.5 Å². The summed E-state index contributed by atoms with van der Waals surface area (Å²) in [6.07, 6.45) is 2.43. The monoisotopic (exact) mass is 487 g/mol. The molecule has 0 unspecified atom stereocenters. The van der Waals surface area contributed by atoms with Gasteiger partial charge < -0.3 is 8.92 Å². The highest BCUT2D eigenvalue weighted by Crippen LogP contribution is 2.36. The second-order valence-electron chi connectivity index (χ2n) is 6.20. The molecule has 1 heterocycles. The molecule has 2 amide bonds. The third-order valence-corrected chi connectivity index (χ3v) is 5.92. The van der Waals surface area contributed by atoms with E-state index >= 15 is 0 Å². The molecule has 0 atom stereocenters. The number of methoxy groups -OCH3 is 1. The molecule has 1 aliphatic heterocycles. The third kappa shape index (κ3) is 5.28. The molecule has 2 aromatic rings. The molecule has 3 rings (SSSR count). The standard InChI is InChI=1S/C19H15Cl2NO6S2/c1-27-16-7-11(3-6-15(16)28-30(2,25)26)8-17-18(23)22(19(24)29-17)10-12-4-5-13(20)9-14(12)21/h3-9H,10H2,1-2H3/b17-8-. The fourth-order valence-electron chi connectivity index (χ4n) is 2.61. The number of nitrogens with zero attached hydrogens (tertiary/aromatic N) is 1. The molecule has 0 N–H and O–H groups in total. The summed E-state index contributed by atoms with van der Waals surface area (Å²) in [6, 6.07) is 9.29. The van der Waals surface area contributed by atoms with E-state index in [9.17, 15) is 18.0 Å². The summed E-state index contributed by atoms with van der Waals surface area (Å²) < 4.78 is 32.7. The lowest BCUT2D eigenvalue weighted by Crippen LogP contribution is -2.27. The van der Waals surface area contributed by atoms with Gasteiger partial charge in [-0.25, -0.2) is 0 Å². The number of imide groups is 1. The maximum Gasteiger partial charge on any atom is 0.306 e. The van der Waals surface area contributed by atoms with Crippen molar-refractivity contribution in [1.29, 1.82) is 0 Å². The van der Waals surface area contributed by atoms with Crippen LogP contribution in [0.1, 0.15) is 11.1 Å². The zero-order valence-corrected chi connectivity index (χ0v) is 18.9. The van der Waals surface area contributed by atoms with Crippen LogP contribution in [0.3, 0.4) is 0 Å². The third-order valence-electron chi connectivity index (χ3n) is 3.94. The Morgan fingerprint density at radius 3 is 2.47 bits per heavy atom. The van der Waals surface area contributed by atoms with Gasteiger partial charge in [0.05, 0.1) is 24.8 Å². The number of carbonyl (C=O) groups excluding carboxylic acids is 2. The summed E-state index contributed by atoms with van der Waals surface area (Å²) >= 11 is 12.8. The Bertz CT molecular complexity index is 1160. The zero-order chi connectivity index (χ0) is 22.1. The molecule has 11 heteroatoms. The van der Waals surface area contributed by atoms with E-state index in [2.05, 4.69) is 0 Å². The Hall–Kier alpha value is -2.20. The number of carbonyl (C=O) groups is 2. The molecule has 0 spiro atoms. The molecule has 0 bridgehead atoms. The van der Waals surface area contributed by atoms with Crippen LogP contribution < -0.4 is 8.92 Å². The lowest BCUT2D eigenvalue weighted by Gasteiger charge is -2.13. The van der Waals surface area contributed by atoms with Crippen molar-refractivity contribution >= 4 is 62.3 Å². The fraction of sp³-hybridized carbons (Fsp3) is 0.158. The maximum atomic E-state index is 12.7. The van der Waals surface area contributed by atoms with Crippen molar-refractivity contribution in [1.82, 2.24) is 4.90 Å². The molecule has 0 saturated carbocycles. The first kappa shape index (κ1) is 22.5. The van der Waals surface area contributed by atoms with Crippen molar-refractivity contribution in [3.05, 3.63) is 62.5 Å². The average Bonchev–Trinajstić information content (AvgIpc) is 2.91. The van der Waals surface area contributed by atoms with Gasteiger partial charge in [-0.2, -0.15) is 8.42 Å². The molecule has 1 fully saturated rings. The fourth-order valence-corrected chi connectivity index (χ4v) is 4.38. The molecule has 1 saturated heterocycles.